The molecule has 0 unspecified atom stereocenters. The Bertz CT molecular complexity index is 1320. The van der Waals surface area contributed by atoms with Gasteiger partial charge in [-0.3, -0.25) is 0 Å². The van der Waals surface area contributed by atoms with Gasteiger partial charge in [-0.1, -0.05) is 176 Å². The molecule has 2 aromatic heterocycles. The van der Waals surface area contributed by atoms with Crippen LogP contribution in [-0.2, 0) is 0 Å². The van der Waals surface area contributed by atoms with Crippen molar-refractivity contribution in [3.05, 3.63) is 48.5 Å². The molecular formula is C39H58N6S2. The minimum atomic E-state index is 0.760. The highest BCUT2D eigenvalue weighted by Gasteiger charge is 2.19. The quantitative estimate of drug-likeness (QED) is 0.0231. The number of hydrazone groups is 1. The van der Waals surface area contributed by atoms with E-state index in [-0.39, 0.29) is 0 Å². The summed E-state index contributed by atoms with van der Waals surface area (Å²) in [5.74, 6) is 0.773. The summed E-state index contributed by atoms with van der Waals surface area (Å²) < 4.78 is 2.28. The van der Waals surface area contributed by atoms with Crippen LogP contribution in [0.3, 0.4) is 0 Å². The molecule has 0 aliphatic rings. The lowest BCUT2D eigenvalue weighted by atomic mass is 10.1. The molecular weight excluding hydrogens is 617 g/mol. The Balaban J connectivity index is 1.39. The molecule has 0 amide bonds. The van der Waals surface area contributed by atoms with E-state index in [1.54, 1.807) is 22.7 Å². The van der Waals surface area contributed by atoms with Crippen molar-refractivity contribution >= 4 is 59.2 Å². The van der Waals surface area contributed by atoms with Crippen molar-refractivity contribution in [1.29, 1.82) is 0 Å². The number of aromatic nitrogens is 2. The molecule has 4 rings (SSSR count). The maximum absolute atomic E-state index is 5.16. The summed E-state index contributed by atoms with van der Waals surface area (Å²) >= 11 is 3.29. The molecule has 0 bridgehead atoms. The Morgan fingerprint density at radius 1 is 0.553 bits per heavy atom. The Morgan fingerprint density at radius 3 is 1.45 bits per heavy atom. The molecule has 47 heavy (non-hydrogen) atoms. The van der Waals surface area contributed by atoms with Gasteiger partial charge in [0.1, 0.15) is 0 Å². The van der Waals surface area contributed by atoms with Crippen molar-refractivity contribution in [3.8, 4) is 0 Å². The fourth-order valence-corrected chi connectivity index (χ4v) is 7.77. The average molecular weight is 675 g/mol. The number of unbranched alkanes of at least 4 members (excludes halogenated alkanes) is 18. The number of fused-ring (bicyclic) bond motifs is 2. The summed E-state index contributed by atoms with van der Waals surface area (Å²) in [6.07, 6.45) is 27.1. The largest absolute Gasteiger partial charge is 0.218 e. The van der Waals surface area contributed by atoms with Crippen LogP contribution < -0.4 is 5.01 Å². The van der Waals surface area contributed by atoms with E-state index in [1.807, 2.05) is 17.1 Å². The maximum atomic E-state index is 5.16. The third kappa shape index (κ3) is 13.7. The number of thiazole rings is 2. The van der Waals surface area contributed by atoms with E-state index in [9.17, 15) is 0 Å². The predicted octanol–water partition coefficient (Wildman–Crippen LogP) is 14.0. The van der Waals surface area contributed by atoms with E-state index >= 15 is 0 Å². The van der Waals surface area contributed by atoms with Crippen LogP contribution in [0.2, 0.25) is 0 Å². The van der Waals surface area contributed by atoms with Crippen LogP contribution in [0.25, 0.3) is 20.4 Å². The van der Waals surface area contributed by atoms with Crippen molar-refractivity contribution in [1.82, 2.24) is 9.97 Å². The molecule has 0 fully saturated rings. The van der Waals surface area contributed by atoms with Crippen LogP contribution >= 0.6 is 22.7 Å². The summed E-state index contributed by atoms with van der Waals surface area (Å²) in [6, 6.07) is 16.6. The number of benzene rings is 2. The van der Waals surface area contributed by atoms with Crippen molar-refractivity contribution in [2.24, 2.45) is 15.3 Å². The van der Waals surface area contributed by atoms with Crippen LogP contribution in [0.1, 0.15) is 149 Å². The van der Waals surface area contributed by atoms with Crippen molar-refractivity contribution in [2.45, 2.75) is 149 Å². The Kier molecular flexibility index (Phi) is 18.0. The Morgan fingerprint density at radius 2 is 0.979 bits per heavy atom. The lowest BCUT2D eigenvalue weighted by Crippen LogP contribution is -2.12. The first kappa shape index (κ1) is 37.1. The van der Waals surface area contributed by atoms with E-state index in [2.05, 4.69) is 55.4 Å². The minimum absolute atomic E-state index is 0.760. The topological polar surface area (TPSA) is 66.1 Å². The molecule has 8 heteroatoms. The minimum Gasteiger partial charge on any atom is -0.218 e. The van der Waals surface area contributed by atoms with Gasteiger partial charge in [-0.05, 0) is 37.1 Å². The number of hydrogen-bond acceptors (Lipinski definition) is 7. The highest BCUT2D eigenvalue weighted by molar-refractivity contribution is 7.24. The Hall–Kier alpha value is -2.71. The molecule has 2 heterocycles. The highest BCUT2D eigenvalue weighted by atomic mass is 32.1. The van der Waals surface area contributed by atoms with Gasteiger partial charge < -0.3 is 0 Å². The van der Waals surface area contributed by atoms with E-state index in [4.69, 9.17) is 20.2 Å². The number of nitrogens with zero attached hydrogens (tertiary/aromatic N) is 6. The smallest absolute Gasteiger partial charge is 0.214 e. The van der Waals surface area contributed by atoms with Gasteiger partial charge in [-0.2, -0.15) is 10.1 Å². The zero-order valence-electron chi connectivity index (χ0n) is 29.2. The van der Waals surface area contributed by atoms with Crippen molar-refractivity contribution < 1.29 is 0 Å². The molecule has 6 nitrogen and oxygen atoms in total. The fraction of sp³-hybridized carbons (Fsp3) is 0.615. The summed E-state index contributed by atoms with van der Waals surface area (Å²) in [5, 5.41) is 18.1. The summed E-state index contributed by atoms with van der Waals surface area (Å²) in [5.41, 5.74) is 1.96. The van der Waals surface area contributed by atoms with Gasteiger partial charge in [0.15, 0.2) is 5.84 Å². The first-order chi connectivity index (χ1) is 23.3. The fourth-order valence-electron chi connectivity index (χ4n) is 5.88. The zero-order valence-corrected chi connectivity index (χ0v) is 30.8. The molecule has 0 radical (unpaired) electrons. The summed E-state index contributed by atoms with van der Waals surface area (Å²) in [7, 11) is 0. The van der Waals surface area contributed by atoms with Gasteiger partial charge in [-0.25, -0.2) is 9.97 Å². The van der Waals surface area contributed by atoms with Crippen LogP contribution in [0, 0.1) is 0 Å². The monoisotopic (exact) mass is 674 g/mol. The molecule has 0 saturated heterocycles. The number of amidine groups is 1. The van der Waals surface area contributed by atoms with Gasteiger partial charge in [0, 0.05) is 6.42 Å². The van der Waals surface area contributed by atoms with Crippen LogP contribution in [0.4, 0.5) is 10.3 Å². The second-order valence-corrected chi connectivity index (χ2v) is 14.9. The van der Waals surface area contributed by atoms with Crippen LogP contribution in [0.15, 0.2) is 63.9 Å². The standard InChI is InChI=1S/C39H58N6S2/c1-3-5-7-9-11-13-15-17-19-21-31-37(43-40-32-26-20-18-16-14-12-10-8-6-4-2)44-45(38-41-33-27-22-24-29-35(33)46-38)39-42-34-28-23-25-30-36(34)47-39/h22-25,27-30H,3-21,26,31-32H2,1-2H3. The number of para-hydroxylation sites is 2. The molecule has 0 atom stereocenters. The van der Waals surface area contributed by atoms with Gasteiger partial charge in [0.25, 0.3) is 0 Å². The third-order valence-electron chi connectivity index (χ3n) is 8.69. The average Bonchev–Trinajstić information content (AvgIpc) is 3.72. The molecule has 0 saturated carbocycles. The van der Waals surface area contributed by atoms with Gasteiger partial charge in [-0.15, -0.1) is 10.2 Å². The summed E-state index contributed by atoms with van der Waals surface area (Å²) in [4.78, 5) is 9.93. The SMILES string of the molecule is CCCCCCCCCCCCN=NC(CCCCCCCCCCCC)=NN(c1nc2ccccc2s1)c1nc2ccccc2s1. The predicted molar refractivity (Wildman–Crippen MR) is 207 cm³/mol. The van der Waals surface area contributed by atoms with E-state index in [0.29, 0.717) is 0 Å². The molecule has 0 spiro atoms. The second-order valence-electron chi connectivity index (χ2n) is 12.8. The van der Waals surface area contributed by atoms with Gasteiger partial charge in [0.2, 0.25) is 10.3 Å². The van der Waals surface area contributed by atoms with Crippen molar-refractivity contribution in [3.63, 3.8) is 0 Å². The van der Waals surface area contributed by atoms with E-state index < -0.39 is 0 Å². The van der Waals surface area contributed by atoms with Crippen LogP contribution in [0.5, 0.6) is 0 Å². The van der Waals surface area contributed by atoms with Crippen LogP contribution in [-0.4, -0.2) is 22.3 Å². The number of rotatable bonds is 25. The second kappa shape index (κ2) is 22.8. The molecule has 0 N–H and O–H groups in total. The number of anilines is 2. The maximum Gasteiger partial charge on any atom is 0.214 e. The van der Waals surface area contributed by atoms with Crippen molar-refractivity contribution in [2.75, 3.05) is 11.6 Å². The molecule has 0 aliphatic carbocycles. The van der Waals surface area contributed by atoms with E-state index in [1.165, 1.54) is 116 Å². The highest BCUT2D eigenvalue weighted by Crippen LogP contribution is 2.38. The first-order valence-corrected chi connectivity index (χ1v) is 20.4. The lowest BCUT2D eigenvalue weighted by molar-refractivity contribution is 0.556. The molecule has 2 aromatic carbocycles. The molecule has 4 aromatic rings. The Labute approximate surface area is 292 Å². The third-order valence-corrected chi connectivity index (χ3v) is 10.7. The van der Waals surface area contributed by atoms with E-state index in [0.717, 1.165) is 62.3 Å². The number of azo groups is 1. The van der Waals surface area contributed by atoms with Gasteiger partial charge in [0.05, 0.1) is 27.0 Å². The molecule has 256 valence electrons. The van der Waals surface area contributed by atoms with Gasteiger partial charge >= 0.3 is 0 Å². The summed E-state index contributed by atoms with van der Waals surface area (Å²) in [6.45, 7) is 5.33. The first-order valence-electron chi connectivity index (χ1n) is 18.7. The lowest BCUT2D eigenvalue weighted by Gasteiger charge is -2.13. The normalized spacial score (nSPS) is 12.3. The zero-order chi connectivity index (χ0) is 32.8. The molecule has 0 aliphatic heterocycles. The number of hydrogen-bond donors (Lipinski definition) is 0.